The molecule has 1 aliphatic rings. The lowest BCUT2D eigenvalue weighted by atomic mass is 10.0. The van der Waals surface area contributed by atoms with Crippen LogP contribution in [0.25, 0.3) is 10.9 Å². The van der Waals surface area contributed by atoms with Gasteiger partial charge in [0.15, 0.2) is 11.6 Å². The van der Waals surface area contributed by atoms with Crippen LogP contribution in [0, 0.1) is 0 Å². The molecule has 0 amide bonds. The molecule has 1 atom stereocenters. The van der Waals surface area contributed by atoms with Crippen LogP contribution in [-0.4, -0.2) is 21.9 Å². The predicted molar refractivity (Wildman–Crippen MR) is 112 cm³/mol. The van der Waals surface area contributed by atoms with Crippen LogP contribution in [-0.2, 0) is 6.54 Å². The number of hydrogen-bond acceptors (Lipinski definition) is 4. The number of anilines is 2. The summed E-state index contributed by atoms with van der Waals surface area (Å²) < 4.78 is 0. The summed E-state index contributed by atoms with van der Waals surface area (Å²) in [6, 6.07) is 19.8. The Morgan fingerprint density at radius 2 is 1.89 bits per heavy atom. The van der Waals surface area contributed by atoms with Gasteiger partial charge in [-0.05, 0) is 30.7 Å². The first-order chi connectivity index (χ1) is 13.7. The highest BCUT2D eigenvalue weighted by molar-refractivity contribution is 6.16. The van der Waals surface area contributed by atoms with Crippen molar-refractivity contribution < 1.29 is 4.79 Å². The Bertz CT molecular complexity index is 1160. The van der Waals surface area contributed by atoms with E-state index in [1.54, 1.807) is 12.4 Å². The fourth-order valence-electron chi connectivity index (χ4n) is 3.82. The van der Waals surface area contributed by atoms with Crippen LogP contribution >= 0.6 is 0 Å². The number of aromatic nitrogens is 2. The molecule has 0 saturated heterocycles. The SMILES string of the molecule is CC1Nc2ncccc2N1Cc1ccc(C(=O)c2c[nH]c3ccccc23)cc1. The van der Waals surface area contributed by atoms with Crippen LogP contribution < -0.4 is 10.2 Å². The van der Waals surface area contributed by atoms with Gasteiger partial charge in [-0.1, -0.05) is 42.5 Å². The molecule has 0 bridgehead atoms. The maximum atomic E-state index is 12.9. The molecule has 2 N–H and O–H groups in total. The van der Waals surface area contributed by atoms with E-state index in [-0.39, 0.29) is 11.9 Å². The number of para-hydroxylation sites is 1. The van der Waals surface area contributed by atoms with E-state index in [1.165, 1.54) is 0 Å². The first kappa shape index (κ1) is 16.6. The summed E-state index contributed by atoms with van der Waals surface area (Å²) in [6.07, 6.45) is 3.77. The van der Waals surface area contributed by atoms with E-state index in [1.807, 2.05) is 54.6 Å². The number of H-pyrrole nitrogens is 1. The summed E-state index contributed by atoms with van der Waals surface area (Å²) in [6.45, 7) is 2.88. The van der Waals surface area contributed by atoms with Gasteiger partial charge in [-0.2, -0.15) is 0 Å². The molecule has 4 aromatic rings. The minimum Gasteiger partial charge on any atom is -0.360 e. The van der Waals surface area contributed by atoms with Crippen molar-refractivity contribution in [3.8, 4) is 0 Å². The van der Waals surface area contributed by atoms with Crippen LogP contribution in [0.5, 0.6) is 0 Å². The van der Waals surface area contributed by atoms with E-state index in [0.717, 1.165) is 34.5 Å². The van der Waals surface area contributed by atoms with Gasteiger partial charge in [0, 0.05) is 41.0 Å². The number of hydrogen-bond donors (Lipinski definition) is 2. The van der Waals surface area contributed by atoms with E-state index in [2.05, 4.69) is 33.2 Å². The van der Waals surface area contributed by atoms with Crippen molar-refractivity contribution in [3.05, 3.63) is 89.7 Å². The maximum Gasteiger partial charge on any atom is 0.195 e. The van der Waals surface area contributed by atoms with Gasteiger partial charge in [0.25, 0.3) is 0 Å². The van der Waals surface area contributed by atoms with Crippen molar-refractivity contribution in [2.45, 2.75) is 19.6 Å². The van der Waals surface area contributed by atoms with E-state index < -0.39 is 0 Å². The second kappa shape index (κ2) is 6.53. The molecule has 5 rings (SSSR count). The Labute approximate surface area is 163 Å². The average molecular weight is 368 g/mol. The summed E-state index contributed by atoms with van der Waals surface area (Å²) >= 11 is 0. The molecular formula is C23H20N4O. The van der Waals surface area contributed by atoms with E-state index in [0.29, 0.717) is 11.1 Å². The molecule has 1 unspecified atom stereocenters. The van der Waals surface area contributed by atoms with Gasteiger partial charge in [-0.15, -0.1) is 0 Å². The molecular weight excluding hydrogens is 348 g/mol. The summed E-state index contributed by atoms with van der Waals surface area (Å²) in [7, 11) is 0. The number of ketones is 1. The number of fused-ring (bicyclic) bond motifs is 2. The maximum absolute atomic E-state index is 12.9. The third-order valence-electron chi connectivity index (χ3n) is 5.31. The molecule has 138 valence electrons. The van der Waals surface area contributed by atoms with Gasteiger partial charge >= 0.3 is 0 Å². The zero-order valence-electron chi connectivity index (χ0n) is 15.5. The Balaban J connectivity index is 1.38. The average Bonchev–Trinajstić information content (AvgIpc) is 3.29. The largest absolute Gasteiger partial charge is 0.360 e. The van der Waals surface area contributed by atoms with Crippen LogP contribution in [0.2, 0.25) is 0 Å². The molecule has 0 fully saturated rings. The van der Waals surface area contributed by atoms with E-state index in [9.17, 15) is 4.79 Å². The standard InChI is InChI=1S/C23H20N4O/c1-15-26-23-21(7-4-12-24-23)27(15)14-16-8-10-17(11-9-16)22(28)19-13-25-20-6-3-2-5-18(19)20/h2-13,15,25H,14H2,1H3,(H,24,26). The quantitative estimate of drug-likeness (QED) is 0.518. The Morgan fingerprint density at radius 3 is 2.75 bits per heavy atom. The second-order valence-corrected chi connectivity index (χ2v) is 7.09. The fraction of sp³-hybridized carbons (Fsp3) is 0.130. The van der Waals surface area contributed by atoms with Gasteiger partial charge in [0.2, 0.25) is 0 Å². The topological polar surface area (TPSA) is 61.0 Å². The molecule has 0 spiro atoms. The lowest BCUT2D eigenvalue weighted by molar-refractivity contribution is 0.104. The molecule has 5 heteroatoms. The molecule has 0 aliphatic carbocycles. The molecule has 3 heterocycles. The fourth-order valence-corrected chi connectivity index (χ4v) is 3.82. The number of aromatic amines is 1. The first-order valence-electron chi connectivity index (χ1n) is 9.38. The van der Waals surface area contributed by atoms with Crippen LogP contribution in [0.1, 0.15) is 28.4 Å². The summed E-state index contributed by atoms with van der Waals surface area (Å²) in [5, 5.41) is 4.35. The van der Waals surface area contributed by atoms with Gasteiger partial charge in [0.05, 0.1) is 11.9 Å². The third kappa shape index (κ3) is 2.72. The zero-order chi connectivity index (χ0) is 19.1. The number of carbonyl (C=O) groups excluding carboxylic acids is 1. The summed E-state index contributed by atoms with van der Waals surface area (Å²) in [5.41, 5.74) is 4.64. The van der Waals surface area contributed by atoms with E-state index >= 15 is 0 Å². The summed E-state index contributed by atoms with van der Waals surface area (Å²) in [4.78, 5) is 22.8. The number of nitrogens with one attached hydrogen (secondary N) is 2. The van der Waals surface area contributed by atoms with Crippen molar-refractivity contribution in [3.63, 3.8) is 0 Å². The minimum atomic E-state index is 0.0368. The molecule has 1 aliphatic heterocycles. The summed E-state index contributed by atoms with van der Waals surface area (Å²) in [5.74, 6) is 0.955. The lowest BCUT2D eigenvalue weighted by Gasteiger charge is -2.23. The molecule has 2 aromatic heterocycles. The molecule has 0 saturated carbocycles. The third-order valence-corrected chi connectivity index (χ3v) is 5.31. The van der Waals surface area contributed by atoms with E-state index in [4.69, 9.17) is 0 Å². The Morgan fingerprint density at radius 1 is 1.07 bits per heavy atom. The Hall–Kier alpha value is -3.60. The van der Waals surface area contributed by atoms with Gasteiger partial charge in [-0.3, -0.25) is 4.79 Å². The van der Waals surface area contributed by atoms with Crippen molar-refractivity contribution >= 4 is 28.2 Å². The number of carbonyl (C=O) groups is 1. The zero-order valence-corrected chi connectivity index (χ0v) is 15.5. The Kier molecular flexibility index (Phi) is 3.86. The molecule has 2 aromatic carbocycles. The van der Waals surface area contributed by atoms with Gasteiger partial charge < -0.3 is 15.2 Å². The number of pyridine rings is 1. The minimum absolute atomic E-state index is 0.0368. The predicted octanol–water partition coefficient (Wildman–Crippen LogP) is 4.57. The second-order valence-electron chi connectivity index (χ2n) is 7.09. The smallest absolute Gasteiger partial charge is 0.195 e. The lowest BCUT2D eigenvalue weighted by Crippen LogP contribution is -2.32. The van der Waals surface area contributed by atoms with Crippen molar-refractivity contribution in [2.24, 2.45) is 0 Å². The molecule has 28 heavy (non-hydrogen) atoms. The van der Waals surface area contributed by atoms with Gasteiger partial charge in [0.1, 0.15) is 0 Å². The van der Waals surface area contributed by atoms with Gasteiger partial charge in [-0.25, -0.2) is 4.98 Å². The monoisotopic (exact) mass is 368 g/mol. The van der Waals surface area contributed by atoms with Crippen LogP contribution in [0.4, 0.5) is 11.5 Å². The molecule has 5 nitrogen and oxygen atoms in total. The van der Waals surface area contributed by atoms with Crippen molar-refractivity contribution in [2.75, 3.05) is 10.2 Å². The van der Waals surface area contributed by atoms with Crippen molar-refractivity contribution in [1.29, 1.82) is 0 Å². The number of nitrogens with zero attached hydrogens (tertiary/aromatic N) is 2. The number of benzene rings is 2. The van der Waals surface area contributed by atoms with Crippen LogP contribution in [0.3, 0.4) is 0 Å². The highest BCUT2D eigenvalue weighted by Crippen LogP contribution is 2.33. The van der Waals surface area contributed by atoms with Crippen LogP contribution in [0.15, 0.2) is 73.1 Å². The normalized spacial score (nSPS) is 15.5. The first-order valence-corrected chi connectivity index (χ1v) is 9.38. The number of rotatable bonds is 4. The van der Waals surface area contributed by atoms with Crippen molar-refractivity contribution in [1.82, 2.24) is 9.97 Å². The highest BCUT2D eigenvalue weighted by Gasteiger charge is 2.25. The molecule has 0 radical (unpaired) electrons. The highest BCUT2D eigenvalue weighted by atomic mass is 16.1.